The Kier molecular flexibility index (Phi) is 3.19. The average molecular weight is 418 g/mol. The molecule has 1 heterocycles. The molecule has 0 N–H and O–H groups in total. The zero-order valence-corrected chi connectivity index (χ0v) is 17.8. The second-order valence-electron chi connectivity index (χ2n) is 8.95. The van der Waals surface area contributed by atoms with Gasteiger partial charge in [-0.25, -0.2) is 0 Å². The summed E-state index contributed by atoms with van der Waals surface area (Å²) in [6.45, 7) is 0. The summed E-state index contributed by atoms with van der Waals surface area (Å²) >= 11 is 0. The van der Waals surface area contributed by atoms with Crippen molar-refractivity contribution in [3.63, 3.8) is 0 Å². The standard InChI is InChI=1S/C32H18O/c1-2-8-25-24(7-1)26-10-5-6-21-17-22(18-28(25)31(21)26)19-12-14-23-20(16-19)13-15-30-32(23)27-9-3-4-11-29(27)33-30/h1-18H. The summed E-state index contributed by atoms with van der Waals surface area (Å²) in [5, 5.41) is 7.51. The van der Waals surface area contributed by atoms with Crippen molar-refractivity contribution in [2.45, 2.75) is 0 Å². The average Bonchev–Trinajstić information content (AvgIpc) is 3.41. The van der Waals surface area contributed by atoms with Gasteiger partial charge in [-0.15, -0.1) is 0 Å². The first kappa shape index (κ1) is 17.2. The van der Waals surface area contributed by atoms with E-state index < -0.39 is 0 Å². The van der Waals surface area contributed by atoms with E-state index in [1.54, 1.807) is 0 Å². The fraction of sp³-hybridized carbons (Fsp3) is 0. The van der Waals surface area contributed by atoms with Crippen LogP contribution in [0.25, 0.3) is 76.9 Å². The second kappa shape index (κ2) is 6.11. The van der Waals surface area contributed by atoms with Crippen LogP contribution in [-0.2, 0) is 0 Å². The van der Waals surface area contributed by atoms with Crippen molar-refractivity contribution < 1.29 is 4.42 Å². The molecule has 8 rings (SSSR count). The summed E-state index contributed by atoms with van der Waals surface area (Å²) < 4.78 is 6.09. The molecule has 6 aromatic carbocycles. The molecule has 1 aliphatic rings. The molecule has 7 aromatic rings. The van der Waals surface area contributed by atoms with Crippen LogP contribution in [0.4, 0.5) is 0 Å². The van der Waals surface area contributed by atoms with E-state index in [0.717, 1.165) is 11.2 Å². The van der Waals surface area contributed by atoms with Gasteiger partial charge in [0.05, 0.1) is 0 Å². The highest BCUT2D eigenvalue weighted by molar-refractivity contribution is 6.20. The zero-order chi connectivity index (χ0) is 21.5. The van der Waals surface area contributed by atoms with Crippen LogP contribution in [0.1, 0.15) is 0 Å². The first-order chi connectivity index (χ1) is 16.3. The van der Waals surface area contributed by atoms with Gasteiger partial charge in [-0.1, -0.05) is 78.9 Å². The quantitative estimate of drug-likeness (QED) is 0.259. The Morgan fingerprint density at radius 1 is 0.394 bits per heavy atom. The maximum atomic E-state index is 6.09. The van der Waals surface area contributed by atoms with E-state index in [1.807, 2.05) is 12.1 Å². The number of benzene rings is 6. The van der Waals surface area contributed by atoms with Gasteiger partial charge in [-0.3, -0.25) is 0 Å². The molecule has 152 valence electrons. The first-order valence-electron chi connectivity index (χ1n) is 11.4. The van der Waals surface area contributed by atoms with Gasteiger partial charge in [0, 0.05) is 10.8 Å². The van der Waals surface area contributed by atoms with Gasteiger partial charge >= 0.3 is 0 Å². The SMILES string of the molecule is c1ccc2c(c1)-c1cccc3cc(-c4ccc5c(ccc6oc7ccccc7c65)c4)cc-2c13. The van der Waals surface area contributed by atoms with Crippen molar-refractivity contribution in [1.82, 2.24) is 0 Å². The van der Waals surface area contributed by atoms with Crippen LogP contribution >= 0.6 is 0 Å². The molecular weight excluding hydrogens is 400 g/mol. The normalized spacial score (nSPS) is 12.2. The van der Waals surface area contributed by atoms with E-state index >= 15 is 0 Å². The summed E-state index contributed by atoms with van der Waals surface area (Å²) in [5.74, 6) is 0. The van der Waals surface area contributed by atoms with Crippen molar-refractivity contribution in [3.8, 4) is 33.4 Å². The number of hydrogen-bond acceptors (Lipinski definition) is 1. The molecule has 1 aromatic heterocycles. The highest BCUT2D eigenvalue weighted by Gasteiger charge is 2.21. The molecule has 0 atom stereocenters. The van der Waals surface area contributed by atoms with Crippen molar-refractivity contribution in [2.75, 3.05) is 0 Å². The van der Waals surface area contributed by atoms with Crippen molar-refractivity contribution in [1.29, 1.82) is 0 Å². The van der Waals surface area contributed by atoms with Gasteiger partial charge in [0.2, 0.25) is 0 Å². The number of fused-ring (bicyclic) bond motifs is 8. The third-order valence-electron chi connectivity index (χ3n) is 7.18. The molecule has 1 aliphatic carbocycles. The van der Waals surface area contributed by atoms with Gasteiger partial charge < -0.3 is 4.42 Å². The molecule has 0 amide bonds. The summed E-state index contributed by atoms with van der Waals surface area (Å²) in [6.07, 6.45) is 0. The van der Waals surface area contributed by atoms with Crippen LogP contribution in [0.3, 0.4) is 0 Å². The van der Waals surface area contributed by atoms with Crippen LogP contribution in [0.15, 0.2) is 114 Å². The highest BCUT2D eigenvalue weighted by Crippen LogP contribution is 2.48. The molecule has 0 aliphatic heterocycles. The second-order valence-corrected chi connectivity index (χ2v) is 8.95. The maximum Gasteiger partial charge on any atom is 0.136 e. The number of rotatable bonds is 1. The lowest BCUT2D eigenvalue weighted by Gasteiger charge is -2.09. The lowest BCUT2D eigenvalue weighted by atomic mass is 9.94. The van der Waals surface area contributed by atoms with Crippen LogP contribution in [0, 0.1) is 0 Å². The fourth-order valence-electron chi connectivity index (χ4n) is 5.72. The Balaban J connectivity index is 1.39. The molecule has 33 heavy (non-hydrogen) atoms. The Labute approximate surface area is 190 Å². The first-order valence-corrected chi connectivity index (χ1v) is 11.4. The van der Waals surface area contributed by atoms with Crippen molar-refractivity contribution >= 4 is 43.5 Å². The largest absolute Gasteiger partial charge is 0.456 e. The Morgan fingerprint density at radius 2 is 1.18 bits per heavy atom. The molecule has 0 saturated heterocycles. The van der Waals surface area contributed by atoms with Gasteiger partial charge in [-0.05, 0) is 85.3 Å². The van der Waals surface area contributed by atoms with E-state index in [4.69, 9.17) is 4.42 Å². The van der Waals surface area contributed by atoms with Gasteiger partial charge in [0.15, 0.2) is 0 Å². The summed E-state index contributed by atoms with van der Waals surface area (Å²) in [5.41, 5.74) is 9.73. The molecule has 0 unspecified atom stereocenters. The monoisotopic (exact) mass is 418 g/mol. The third-order valence-corrected chi connectivity index (χ3v) is 7.18. The van der Waals surface area contributed by atoms with E-state index in [9.17, 15) is 0 Å². The molecule has 0 spiro atoms. The lowest BCUT2D eigenvalue weighted by molar-refractivity contribution is 0.669. The highest BCUT2D eigenvalue weighted by atomic mass is 16.3. The summed E-state index contributed by atoms with van der Waals surface area (Å²) in [4.78, 5) is 0. The predicted molar refractivity (Wildman–Crippen MR) is 139 cm³/mol. The van der Waals surface area contributed by atoms with E-state index in [-0.39, 0.29) is 0 Å². The molecule has 0 fully saturated rings. The Bertz CT molecular complexity index is 1920. The minimum atomic E-state index is 0.941. The van der Waals surface area contributed by atoms with Crippen LogP contribution in [-0.4, -0.2) is 0 Å². The topological polar surface area (TPSA) is 13.1 Å². The molecule has 0 radical (unpaired) electrons. The lowest BCUT2D eigenvalue weighted by Crippen LogP contribution is -1.83. The van der Waals surface area contributed by atoms with Crippen LogP contribution in [0.5, 0.6) is 0 Å². The molecule has 0 saturated carbocycles. The Morgan fingerprint density at radius 3 is 2.12 bits per heavy atom. The van der Waals surface area contributed by atoms with E-state index in [0.29, 0.717) is 0 Å². The predicted octanol–water partition coefficient (Wildman–Crippen LogP) is 9.21. The van der Waals surface area contributed by atoms with Gasteiger partial charge in [0.1, 0.15) is 11.2 Å². The number of hydrogen-bond donors (Lipinski definition) is 0. The molecular formula is C32H18O. The van der Waals surface area contributed by atoms with E-state index in [2.05, 4.69) is 97.1 Å². The van der Waals surface area contributed by atoms with Gasteiger partial charge in [-0.2, -0.15) is 0 Å². The van der Waals surface area contributed by atoms with Crippen molar-refractivity contribution in [2.24, 2.45) is 0 Å². The Hall–Kier alpha value is -4.36. The fourth-order valence-corrected chi connectivity index (χ4v) is 5.72. The summed E-state index contributed by atoms with van der Waals surface area (Å²) in [6, 6.07) is 39.5. The van der Waals surface area contributed by atoms with Gasteiger partial charge in [0.25, 0.3) is 0 Å². The van der Waals surface area contributed by atoms with Crippen LogP contribution < -0.4 is 0 Å². The van der Waals surface area contributed by atoms with E-state index in [1.165, 1.54) is 65.7 Å². The number of para-hydroxylation sites is 1. The molecule has 0 bridgehead atoms. The smallest absolute Gasteiger partial charge is 0.136 e. The minimum Gasteiger partial charge on any atom is -0.456 e. The van der Waals surface area contributed by atoms with Crippen molar-refractivity contribution in [3.05, 3.63) is 109 Å². The third kappa shape index (κ3) is 2.26. The summed E-state index contributed by atoms with van der Waals surface area (Å²) in [7, 11) is 0. The molecule has 1 heteroatoms. The zero-order valence-electron chi connectivity index (χ0n) is 17.8. The molecule has 1 nitrogen and oxygen atoms in total. The maximum absolute atomic E-state index is 6.09. The number of furan rings is 1. The van der Waals surface area contributed by atoms with Crippen LogP contribution in [0.2, 0.25) is 0 Å². The minimum absolute atomic E-state index is 0.941.